The Kier molecular flexibility index (Phi) is 15.3. The maximum atomic E-state index is 10.9. The highest BCUT2D eigenvalue weighted by molar-refractivity contribution is 5.68. The van der Waals surface area contributed by atoms with Gasteiger partial charge < -0.3 is 4.74 Å². The summed E-state index contributed by atoms with van der Waals surface area (Å²) >= 11 is 0. The van der Waals surface area contributed by atoms with Gasteiger partial charge in [0.2, 0.25) is 0 Å². The maximum Gasteiger partial charge on any atom is 0.305 e. The molecule has 3 nitrogen and oxygen atoms in total. The molecule has 0 aliphatic carbocycles. The van der Waals surface area contributed by atoms with Crippen LogP contribution in [-0.2, 0) is 9.53 Å². The van der Waals surface area contributed by atoms with E-state index in [1.165, 1.54) is 26.4 Å². The maximum absolute atomic E-state index is 10.9. The number of hydrogen-bond donors (Lipinski definition) is 0. The van der Waals surface area contributed by atoms with Crippen molar-refractivity contribution in [2.75, 3.05) is 7.11 Å². The molecule has 3 heteroatoms. The van der Waals surface area contributed by atoms with E-state index < -0.39 is 0 Å². The van der Waals surface area contributed by atoms with Crippen molar-refractivity contribution in [1.29, 1.82) is 5.26 Å². The van der Waals surface area contributed by atoms with Gasteiger partial charge in [0.05, 0.1) is 13.2 Å². The summed E-state index contributed by atoms with van der Waals surface area (Å²) in [5.41, 5.74) is 0. The Morgan fingerprint density at radius 2 is 1.57 bits per heavy atom. The molecular weight excluding hydrogens is 262 g/mol. The van der Waals surface area contributed by atoms with Crippen LogP contribution in [0.25, 0.3) is 0 Å². The summed E-state index contributed by atoms with van der Waals surface area (Å²) in [7, 11) is 1.44. The molecule has 0 rings (SSSR count). The quantitative estimate of drug-likeness (QED) is 0.270. The van der Waals surface area contributed by atoms with Crippen molar-refractivity contribution in [3.05, 3.63) is 24.3 Å². The summed E-state index contributed by atoms with van der Waals surface area (Å²) in [6, 6.07) is 2.15. The lowest BCUT2D eigenvalue weighted by atomic mass is 10.1. The van der Waals surface area contributed by atoms with Crippen LogP contribution < -0.4 is 0 Å². The molecule has 0 aromatic rings. The lowest BCUT2D eigenvalue weighted by Gasteiger charge is -1.99. The molecule has 0 N–H and O–H groups in total. The molecule has 0 unspecified atom stereocenters. The molecule has 0 spiro atoms. The minimum Gasteiger partial charge on any atom is -0.469 e. The van der Waals surface area contributed by atoms with Gasteiger partial charge in [-0.25, -0.2) is 0 Å². The zero-order valence-corrected chi connectivity index (χ0v) is 13.4. The molecule has 0 fully saturated rings. The standard InChI is InChI=1S/C18H29NO2/c1-21-18(20)16-14-12-10-8-6-4-2-3-5-7-9-11-13-15-17-19/h2-3,7,9H,4-6,8,10-16H2,1H3/b3-2+,9-7+. The first-order valence-corrected chi connectivity index (χ1v) is 8.05. The first-order chi connectivity index (χ1) is 10.3. The topological polar surface area (TPSA) is 50.1 Å². The van der Waals surface area contributed by atoms with Crippen LogP contribution in [0, 0.1) is 11.3 Å². The summed E-state index contributed by atoms with van der Waals surface area (Å²) in [6.07, 6.45) is 19.8. The third-order valence-electron chi connectivity index (χ3n) is 3.24. The first kappa shape index (κ1) is 19.4. The Balaban J connectivity index is 3.22. The average molecular weight is 291 g/mol. The van der Waals surface area contributed by atoms with E-state index in [0.29, 0.717) is 12.8 Å². The molecule has 0 heterocycles. The van der Waals surface area contributed by atoms with Crippen molar-refractivity contribution < 1.29 is 9.53 Å². The highest BCUT2D eigenvalue weighted by Gasteiger charge is 1.98. The van der Waals surface area contributed by atoms with E-state index in [1.807, 2.05) is 0 Å². The fourth-order valence-electron chi connectivity index (χ4n) is 1.97. The molecule has 0 atom stereocenters. The normalized spacial score (nSPS) is 11.0. The second-order valence-electron chi connectivity index (χ2n) is 5.11. The fraction of sp³-hybridized carbons (Fsp3) is 0.667. The van der Waals surface area contributed by atoms with Gasteiger partial charge in [-0.2, -0.15) is 5.26 Å². The molecule has 0 aliphatic heterocycles. The van der Waals surface area contributed by atoms with E-state index in [4.69, 9.17) is 5.26 Å². The number of esters is 1. The SMILES string of the molecule is COC(=O)CCCCCCC/C=C/C/C=C/CCCC#N. The van der Waals surface area contributed by atoms with Gasteiger partial charge in [-0.1, -0.05) is 43.6 Å². The van der Waals surface area contributed by atoms with Gasteiger partial charge in [-0.3, -0.25) is 4.79 Å². The molecule has 0 radical (unpaired) electrons. The van der Waals surface area contributed by atoms with Crippen LogP contribution in [0.2, 0.25) is 0 Å². The van der Waals surface area contributed by atoms with Crippen LogP contribution >= 0.6 is 0 Å². The zero-order valence-electron chi connectivity index (χ0n) is 13.4. The van der Waals surface area contributed by atoms with Crippen molar-refractivity contribution in [2.45, 2.75) is 70.6 Å². The monoisotopic (exact) mass is 291 g/mol. The lowest BCUT2D eigenvalue weighted by molar-refractivity contribution is -0.140. The number of nitrogens with zero attached hydrogens (tertiary/aromatic N) is 1. The van der Waals surface area contributed by atoms with Crippen molar-refractivity contribution in [2.24, 2.45) is 0 Å². The van der Waals surface area contributed by atoms with Crippen molar-refractivity contribution in [1.82, 2.24) is 0 Å². The Bertz CT molecular complexity index is 340. The van der Waals surface area contributed by atoms with Gasteiger partial charge >= 0.3 is 5.97 Å². The number of methoxy groups -OCH3 is 1. The third kappa shape index (κ3) is 16.4. The number of ether oxygens (including phenoxy) is 1. The Labute approximate surface area is 129 Å². The van der Waals surface area contributed by atoms with Crippen LogP contribution in [0.15, 0.2) is 24.3 Å². The molecule has 0 aromatic heterocycles. The van der Waals surface area contributed by atoms with Crippen LogP contribution in [0.5, 0.6) is 0 Å². The van der Waals surface area contributed by atoms with Crippen molar-refractivity contribution in [3.8, 4) is 6.07 Å². The average Bonchev–Trinajstić information content (AvgIpc) is 2.50. The largest absolute Gasteiger partial charge is 0.469 e. The number of unbranched alkanes of at least 4 members (excludes halogenated alkanes) is 7. The molecule has 0 amide bonds. The van der Waals surface area contributed by atoms with Crippen LogP contribution in [-0.4, -0.2) is 13.1 Å². The van der Waals surface area contributed by atoms with Crippen LogP contribution in [0.3, 0.4) is 0 Å². The molecule has 118 valence electrons. The Hall–Kier alpha value is -1.56. The molecule has 0 saturated carbocycles. The third-order valence-corrected chi connectivity index (χ3v) is 3.24. The molecule has 0 aliphatic rings. The summed E-state index contributed by atoms with van der Waals surface area (Å²) in [5, 5.41) is 8.39. The minimum absolute atomic E-state index is 0.0985. The van der Waals surface area contributed by atoms with E-state index in [0.717, 1.165) is 38.5 Å². The zero-order chi connectivity index (χ0) is 15.6. The van der Waals surface area contributed by atoms with Gasteiger partial charge in [0.1, 0.15) is 0 Å². The van der Waals surface area contributed by atoms with Gasteiger partial charge in [0, 0.05) is 12.8 Å². The molecular formula is C18H29NO2. The van der Waals surface area contributed by atoms with E-state index in [9.17, 15) is 4.79 Å². The summed E-state index contributed by atoms with van der Waals surface area (Å²) in [4.78, 5) is 10.9. The lowest BCUT2D eigenvalue weighted by Crippen LogP contribution is -1.98. The van der Waals surface area contributed by atoms with Gasteiger partial charge in [-0.15, -0.1) is 0 Å². The van der Waals surface area contributed by atoms with Crippen LogP contribution in [0.4, 0.5) is 0 Å². The predicted octanol–water partition coefficient (Wildman–Crippen LogP) is 5.09. The number of nitriles is 1. The van der Waals surface area contributed by atoms with E-state index in [1.54, 1.807) is 0 Å². The Morgan fingerprint density at radius 1 is 0.952 bits per heavy atom. The van der Waals surface area contributed by atoms with E-state index in [-0.39, 0.29) is 5.97 Å². The first-order valence-electron chi connectivity index (χ1n) is 8.05. The smallest absolute Gasteiger partial charge is 0.305 e. The summed E-state index contributed by atoms with van der Waals surface area (Å²) < 4.78 is 4.60. The molecule has 0 bridgehead atoms. The Morgan fingerprint density at radius 3 is 2.24 bits per heavy atom. The second kappa shape index (κ2) is 16.5. The van der Waals surface area contributed by atoms with Crippen molar-refractivity contribution >= 4 is 5.97 Å². The number of carbonyl (C=O) groups is 1. The fourth-order valence-corrected chi connectivity index (χ4v) is 1.97. The predicted molar refractivity (Wildman–Crippen MR) is 86.7 cm³/mol. The molecule has 0 saturated heterocycles. The number of carbonyl (C=O) groups excluding carboxylic acids is 1. The highest BCUT2D eigenvalue weighted by Crippen LogP contribution is 2.08. The molecule has 21 heavy (non-hydrogen) atoms. The van der Waals surface area contributed by atoms with Gasteiger partial charge in [0.25, 0.3) is 0 Å². The van der Waals surface area contributed by atoms with E-state index in [2.05, 4.69) is 35.1 Å². The van der Waals surface area contributed by atoms with E-state index >= 15 is 0 Å². The molecule has 0 aromatic carbocycles. The van der Waals surface area contributed by atoms with Gasteiger partial charge in [0.15, 0.2) is 0 Å². The summed E-state index contributed by atoms with van der Waals surface area (Å²) in [6.45, 7) is 0. The highest BCUT2D eigenvalue weighted by atomic mass is 16.5. The van der Waals surface area contributed by atoms with Crippen molar-refractivity contribution in [3.63, 3.8) is 0 Å². The van der Waals surface area contributed by atoms with Gasteiger partial charge in [-0.05, 0) is 38.5 Å². The number of allylic oxidation sites excluding steroid dienone is 4. The number of hydrogen-bond acceptors (Lipinski definition) is 3. The second-order valence-corrected chi connectivity index (χ2v) is 5.11. The van der Waals surface area contributed by atoms with Crippen LogP contribution in [0.1, 0.15) is 70.6 Å². The minimum atomic E-state index is -0.0985. The summed E-state index contributed by atoms with van der Waals surface area (Å²) in [5.74, 6) is -0.0985. The number of rotatable bonds is 13.